The Labute approximate surface area is 109 Å². The predicted molar refractivity (Wildman–Crippen MR) is 76.5 cm³/mol. The molecule has 1 aromatic carbocycles. The quantitative estimate of drug-likeness (QED) is 0.627. The third-order valence-corrected chi connectivity index (χ3v) is 4.22. The smallest absolute Gasteiger partial charge is 0.0326 e. The first-order valence-corrected chi connectivity index (χ1v) is 7.12. The number of fused-ring (bicyclic) bond motifs is 1. The fourth-order valence-corrected chi connectivity index (χ4v) is 3.22. The number of hydrogen-bond donors (Lipinski definition) is 2. The second-order valence-corrected chi connectivity index (χ2v) is 5.51. The zero-order valence-electron chi connectivity index (χ0n) is 10.9. The van der Waals surface area contributed by atoms with Crippen molar-refractivity contribution in [3.05, 3.63) is 41.0 Å². The number of rotatable bonds is 4. The lowest BCUT2D eigenvalue weighted by Gasteiger charge is -2.14. The third-order valence-electron chi connectivity index (χ3n) is 4.22. The standard InChI is InChI=1S/C16H22N2/c17-14-6-7-15-13(11-14)5-8-16(15)18-10-9-12-3-1-2-4-12/h3,6-7,11,16,18H,1-2,4-5,8-10,17H2. The van der Waals surface area contributed by atoms with Crippen LogP contribution in [0.15, 0.2) is 29.8 Å². The molecular weight excluding hydrogens is 220 g/mol. The van der Waals surface area contributed by atoms with Crippen LogP contribution in [0, 0.1) is 0 Å². The van der Waals surface area contributed by atoms with Crippen LogP contribution in [-0.4, -0.2) is 6.54 Å². The van der Waals surface area contributed by atoms with Gasteiger partial charge in [0.15, 0.2) is 0 Å². The molecule has 1 unspecified atom stereocenters. The Kier molecular flexibility index (Phi) is 3.37. The van der Waals surface area contributed by atoms with Crippen LogP contribution in [0.2, 0.25) is 0 Å². The molecule has 2 nitrogen and oxygen atoms in total. The van der Waals surface area contributed by atoms with Gasteiger partial charge in [-0.1, -0.05) is 17.7 Å². The summed E-state index contributed by atoms with van der Waals surface area (Å²) in [6.07, 6.45) is 10.0. The highest BCUT2D eigenvalue weighted by atomic mass is 14.9. The Bertz CT molecular complexity index is 462. The summed E-state index contributed by atoms with van der Waals surface area (Å²) in [7, 11) is 0. The highest BCUT2D eigenvalue weighted by Gasteiger charge is 2.21. The van der Waals surface area contributed by atoms with Crippen LogP contribution in [-0.2, 0) is 6.42 Å². The van der Waals surface area contributed by atoms with Crippen LogP contribution in [0.3, 0.4) is 0 Å². The van der Waals surface area contributed by atoms with Gasteiger partial charge in [0.25, 0.3) is 0 Å². The third kappa shape index (κ3) is 2.44. The van der Waals surface area contributed by atoms with Crippen LogP contribution >= 0.6 is 0 Å². The molecule has 0 heterocycles. The van der Waals surface area contributed by atoms with Crippen LogP contribution in [0.1, 0.15) is 49.3 Å². The number of aryl methyl sites for hydroxylation is 1. The van der Waals surface area contributed by atoms with Gasteiger partial charge in [-0.3, -0.25) is 0 Å². The molecule has 96 valence electrons. The maximum absolute atomic E-state index is 5.83. The van der Waals surface area contributed by atoms with Crippen molar-refractivity contribution >= 4 is 5.69 Å². The Balaban J connectivity index is 1.56. The van der Waals surface area contributed by atoms with Gasteiger partial charge in [-0.25, -0.2) is 0 Å². The van der Waals surface area contributed by atoms with E-state index in [-0.39, 0.29) is 0 Å². The van der Waals surface area contributed by atoms with Crippen LogP contribution in [0.25, 0.3) is 0 Å². The molecule has 0 aliphatic heterocycles. The molecule has 3 rings (SSSR count). The van der Waals surface area contributed by atoms with Gasteiger partial charge >= 0.3 is 0 Å². The Hall–Kier alpha value is -1.28. The Morgan fingerprint density at radius 2 is 2.22 bits per heavy atom. The zero-order valence-corrected chi connectivity index (χ0v) is 10.9. The summed E-state index contributed by atoms with van der Waals surface area (Å²) in [5.41, 5.74) is 11.3. The second kappa shape index (κ2) is 5.15. The van der Waals surface area contributed by atoms with Crippen LogP contribution < -0.4 is 11.1 Å². The van der Waals surface area contributed by atoms with Crippen molar-refractivity contribution in [1.82, 2.24) is 5.32 Å². The largest absolute Gasteiger partial charge is 0.399 e. The summed E-state index contributed by atoms with van der Waals surface area (Å²) in [6, 6.07) is 6.90. The van der Waals surface area contributed by atoms with Gasteiger partial charge in [0.1, 0.15) is 0 Å². The van der Waals surface area contributed by atoms with Gasteiger partial charge < -0.3 is 11.1 Å². The highest BCUT2D eigenvalue weighted by molar-refractivity contribution is 5.47. The summed E-state index contributed by atoms with van der Waals surface area (Å²) in [4.78, 5) is 0. The van der Waals surface area contributed by atoms with Gasteiger partial charge in [-0.15, -0.1) is 0 Å². The lowest BCUT2D eigenvalue weighted by Crippen LogP contribution is -2.20. The van der Waals surface area contributed by atoms with E-state index in [4.69, 9.17) is 5.73 Å². The molecule has 0 radical (unpaired) electrons. The number of nitrogens with two attached hydrogens (primary N) is 1. The summed E-state index contributed by atoms with van der Waals surface area (Å²) in [5, 5.41) is 3.70. The van der Waals surface area contributed by atoms with E-state index in [1.165, 1.54) is 49.7 Å². The molecule has 2 aliphatic carbocycles. The average Bonchev–Trinajstić information content (AvgIpc) is 2.99. The Morgan fingerprint density at radius 1 is 1.28 bits per heavy atom. The summed E-state index contributed by atoms with van der Waals surface area (Å²) < 4.78 is 0. The lowest BCUT2D eigenvalue weighted by molar-refractivity contribution is 0.531. The topological polar surface area (TPSA) is 38.0 Å². The minimum atomic E-state index is 0.544. The first-order chi connectivity index (χ1) is 8.83. The molecule has 2 aliphatic rings. The normalized spacial score (nSPS) is 22.0. The average molecular weight is 242 g/mol. The van der Waals surface area contributed by atoms with Crippen molar-refractivity contribution in [2.75, 3.05) is 12.3 Å². The molecule has 1 atom stereocenters. The maximum atomic E-state index is 5.83. The molecule has 0 spiro atoms. The molecule has 18 heavy (non-hydrogen) atoms. The molecule has 0 bridgehead atoms. The molecule has 0 amide bonds. The monoisotopic (exact) mass is 242 g/mol. The van der Waals surface area contributed by atoms with Crippen molar-refractivity contribution in [1.29, 1.82) is 0 Å². The predicted octanol–water partition coefficient (Wildman–Crippen LogP) is 3.35. The van der Waals surface area contributed by atoms with E-state index < -0.39 is 0 Å². The lowest BCUT2D eigenvalue weighted by atomic mass is 10.1. The van der Waals surface area contributed by atoms with E-state index in [1.54, 1.807) is 5.57 Å². The second-order valence-electron chi connectivity index (χ2n) is 5.51. The fourth-order valence-electron chi connectivity index (χ4n) is 3.22. The molecule has 0 aromatic heterocycles. The van der Waals surface area contributed by atoms with Crippen molar-refractivity contribution in [3.8, 4) is 0 Å². The highest BCUT2D eigenvalue weighted by Crippen LogP contribution is 2.32. The van der Waals surface area contributed by atoms with E-state index in [0.717, 1.165) is 12.2 Å². The van der Waals surface area contributed by atoms with Crippen molar-refractivity contribution < 1.29 is 0 Å². The molecule has 2 heteroatoms. The van der Waals surface area contributed by atoms with Gasteiger partial charge in [-0.05, 0) is 68.3 Å². The molecule has 0 saturated carbocycles. The molecule has 0 fully saturated rings. The van der Waals surface area contributed by atoms with Gasteiger partial charge in [-0.2, -0.15) is 0 Å². The molecule has 3 N–H and O–H groups in total. The van der Waals surface area contributed by atoms with E-state index in [9.17, 15) is 0 Å². The van der Waals surface area contributed by atoms with Crippen molar-refractivity contribution in [3.63, 3.8) is 0 Å². The molecule has 1 aromatic rings. The first kappa shape index (κ1) is 11.8. The minimum Gasteiger partial charge on any atom is -0.399 e. The van der Waals surface area contributed by atoms with Crippen molar-refractivity contribution in [2.45, 2.75) is 44.6 Å². The number of nitrogens with one attached hydrogen (secondary N) is 1. The maximum Gasteiger partial charge on any atom is 0.0326 e. The summed E-state index contributed by atoms with van der Waals surface area (Å²) >= 11 is 0. The number of nitrogen functional groups attached to an aromatic ring is 1. The summed E-state index contributed by atoms with van der Waals surface area (Å²) in [5.74, 6) is 0. The van der Waals surface area contributed by atoms with Crippen LogP contribution in [0.4, 0.5) is 5.69 Å². The van der Waals surface area contributed by atoms with Crippen molar-refractivity contribution in [2.24, 2.45) is 0 Å². The fraction of sp³-hybridized carbons (Fsp3) is 0.500. The van der Waals surface area contributed by atoms with Gasteiger partial charge in [0.05, 0.1) is 0 Å². The van der Waals surface area contributed by atoms with Gasteiger partial charge in [0.2, 0.25) is 0 Å². The first-order valence-electron chi connectivity index (χ1n) is 7.12. The van der Waals surface area contributed by atoms with E-state index in [1.807, 2.05) is 6.07 Å². The zero-order chi connectivity index (χ0) is 12.4. The van der Waals surface area contributed by atoms with E-state index >= 15 is 0 Å². The Morgan fingerprint density at radius 3 is 3.06 bits per heavy atom. The molecular formula is C16H22N2. The number of allylic oxidation sites excluding steroid dienone is 1. The molecule has 0 saturated heterocycles. The number of hydrogen-bond acceptors (Lipinski definition) is 2. The summed E-state index contributed by atoms with van der Waals surface area (Å²) in [6.45, 7) is 1.11. The number of benzene rings is 1. The van der Waals surface area contributed by atoms with E-state index in [2.05, 4.69) is 23.5 Å². The number of anilines is 1. The van der Waals surface area contributed by atoms with Gasteiger partial charge in [0, 0.05) is 11.7 Å². The minimum absolute atomic E-state index is 0.544. The SMILES string of the molecule is Nc1ccc2c(c1)CCC2NCCC1=CCCC1. The van der Waals surface area contributed by atoms with Crippen LogP contribution in [0.5, 0.6) is 0 Å². The van der Waals surface area contributed by atoms with E-state index in [0.29, 0.717) is 6.04 Å².